The van der Waals surface area contributed by atoms with Crippen LogP contribution in [0.25, 0.3) is 0 Å². The Morgan fingerprint density at radius 1 is 1.34 bits per heavy atom. The molecule has 3 aromatic rings. The average Bonchev–Trinajstić information content (AvgIpc) is 3.32. The van der Waals surface area contributed by atoms with E-state index < -0.39 is 5.91 Å². The van der Waals surface area contributed by atoms with E-state index in [1.165, 1.54) is 35.6 Å². The van der Waals surface area contributed by atoms with E-state index in [4.69, 9.17) is 9.26 Å². The van der Waals surface area contributed by atoms with Crippen LogP contribution in [0.5, 0.6) is 5.75 Å². The van der Waals surface area contributed by atoms with Gasteiger partial charge in [-0.25, -0.2) is 9.37 Å². The predicted molar refractivity (Wildman–Crippen MR) is 102 cm³/mol. The quantitative estimate of drug-likeness (QED) is 0.687. The zero-order chi connectivity index (χ0) is 20.4. The summed E-state index contributed by atoms with van der Waals surface area (Å²) in [6.07, 6.45) is 0.590. The molecule has 1 aromatic carbocycles. The van der Waals surface area contributed by atoms with Crippen LogP contribution in [0, 0.1) is 12.7 Å². The van der Waals surface area contributed by atoms with Crippen molar-refractivity contribution in [3.63, 3.8) is 0 Å². The third kappa shape index (κ3) is 4.43. The maximum Gasteiger partial charge on any atom is 0.279 e. The lowest BCUT2D eigenvalue weighted by atomic mass is 10.2. The number of hydrogen-bond acceptors (Lipinski definition) is 7. The summed E-state index contributed by atoms with van der Waals surface area (Å²) in [6.45, 7) is 2.49. The van der Waals surface area contributed by atoms with Crippen molar-refractivity contribution in [2.75, 3.05) is 18.5 Å². The Kier molecular flexibility index (Phi) is 5.26. The van der Waals surface area contributed by atoms with E-state index in [0.29, 0.717) is 36.2 Å². The fourth-order valence-electron chi connectivity index (χ4n) is 2.86. The number of ether oxygens (including phenoxy) is 1. The van der Waals surface area contributed by atoms with Gasteiger partial charge in [0.15, 0.2) is 17.4 Å². The van der Waals surface area contributed by atoms with Crippen LogP contribution < -0.4 is 10.1 Å². The molecular weight excluding hydrogens is 399 g/mol. The SMILES string of the molecule is Cc1cc(C(=O)Nc2nc3c(s2)CN(C(=O)COc2ccc(F)cc2)CC3)no1. The maximum atomic E-state index is 12.9. The smallest absolute Gasteiger partial charge is 0.279 e. The average molecular weight is 416 g/mol. The predicted octanol–water partition coefficient (Wildman–Crippen LogP) is 2.79. The normalized spacial score (nSPS) is 13.1. The first-order chi connectivity index (χ1) is 14.0. The highest BCUT2D eigenvalue weighted by atomic mass is 32.1. The van der Waals surface area contributed by atoms with Gasteiger partial charge in [0.2, 0.25) is 0 Å². The van der Waals surface area contributed by atoms with Crippen LogP contribution in [-0.4, -0.2) is 40.0 Å². The molecule has 0 aliphatic carbocycles. The lowest BCUT2D eigenvalue weighted by Crippen LogP contribution is -2.38. The van der Waals surface area contributed by atoms with Gasteiger partial charge in [-0.05, 0) is 31.2 Å². The molecule has 0 atom stereocenters. The molecule has 150 valence electrons. The standard InChI is InChI=1S/C19H17FN4O4S/c1-11-8-15(23-28-11)18(26)22-19-21-14-6-7-24(9-16(14)29-19)17(25)10-27-13-4-2-12(20)3-5-13/h2-5,8H,6-7,9-10H2,1H3,(H,21,22,26). The lowest BCUT2D eigenvalue weighted by molar-refractivity contribution is -0.134. The fraction of sp³-hybridized carbons (Fsp3) is 0.263. The van der Waals surface area contributed by atoms with Gasteiger partial charge in [0.05, 0.1) is 12.2 Å². The second kappa shape index (κ2) is 8.00. The number of carbonyl (C=O) groups is 2. The van der Waals surface area contributed by atoms with Crippen LogP contribution in [0.1, 0.15) is 26.8 Å². The van der Waals surface area contributed by atoms with Gasteiger partial charge >= 0.3 is 0 Å². The van der Waals surface area contributed by atoms with Crippen molar-refractivity contribution >= 4 is 28.3 Å². The van der Waals surface area contributed by atoms with Gasteiger partial charge in [-0.15, -0.1) is 0 Å². The second-order valence-corrected chi connectivity index (χ2v) is 7.56. The molecule has 1 aliphatic rings. The highest BCUT2D eigenvalue weighted by molar-refractivity contribution is 7.15. The Bertz CT molecular complexity index is 1050. The highest BCUT2D eigenvalue weighted by Gasteiger charge is 2.25. The molecule has 2 aromatic heterocycles. The number of carbonyl (C=O) groups excluding carboxylic acids is 2. The maximum absolute atomic E-state index is 12.9. The van der Waals surface area contributed by atoms with Crippen LogP contribution in [0.3, 0.4) is 0 Å². The van der Waals surface area contributed by atoms with E-state index in [2.05, 4.69) is 15.5 Å². The van der Waals surface area contributed by atoms with Gasteiger partial charge in [0.25, 0.3) is 11.8 Å². The second-order valence-electron chi connectivity index (χ2n) is 6.47. The Hall–Kier alpha value is -3.27. The Morgan fingerprint density at radius 2 is 2.14 bits per heavy atom. The number of nitrogens with zero attached hydrogens (tertiary/aromatic N) is 3. The van der Waals surface area contributed by atoms with Gasteiger partial charge in [-0.3, -0.25) is 14.9 Å². The minimum absolute atomic E-state index is 0.130. The number of halogens is 1. The number of nitrogens with one attached hydrogen (secondary N) is 1. The van der Waals surface area contributed by atoms with Crippen molar-refractivity contribution < 1.29 is 23.2 Å². The highest BCUT2D eigenvalue weighted by Crippen LogP contribution is 2.28. The van der Waals surface area contributed by atoms with E-state index in [-0.39, 0.29) is 24.0 Å². The molecule has 1 aliphatic heterocycles. The fourth-order valence-corrected chi connectivity index (χ4v) is 3.88. The van der Waals surface area contributed by atoms with Crippen LogP contribution in [0.2, 0.25) is 0 Å². The number of thiazole rings is 1. The molecule has 0 radical (unpaired) electrons. The number of rotatable bonds is 5. The van der Waals surface area contributed by atoms with E-state index in [9.17, 15) is 14.0 Å². The summed E-state index contributed by atoms with van der Waals surface area (Å²) < 4.78 is 23.3. The number of amides is 2. The molecule has 0 unspecified atom stereocenters. The number of hydrogen-bond donors (Lipinski definition) is 1. The van der Waals surface area contributed by atoms with Gasteiger partial charge in [0, 0.05) is 23.9 Å². The molecule has 0 saturated heterocycles. The molecule has 3 heterocycles. The summed E-state index contributed by atoms with van der Waals surface area (Å²) in [5.41, 5.74) is 1.05. The molecule has 4 rings (SSSR count). The zero-order valence-electron chi connectivity index (χ0n) is 15.5. The first-order valence-electron chi connectivity index (χ1n) is 8.87. The van der Waals surface area contributed by atoms with Crippen LogP contribution in [-0.2, 0) is 17.8 Å². The zero-order valence-corrected chi connectivity index (χ0v) is 16.3. The number of benzene rings is 1. The van der Waals surface area contributed by atoms with E-state index >= 15 is 0 Å². The van der Waals surface area contributed by atoms with Crippen molar-refractivity contribution in [1.29, 1.82) is 0 Å². The minimum atomic E-state index is -0.395. The lowest BCUT2D eigenvalue weighted by Gasteiger charge is -2.26. The molecule has 0 spiro atoms. The number of anilines is 1. The topological polar surface area (TPSA) is 97.6 Å². The molecule has 0 fully saturated rings. The van der Waals surface area contributed by atoms with E-state index in [1.54, 1.807) is 17.9 Å². The van der Waals surface area contributed by atoms with Crippen molar-refractivity contribution in [2.45, 2.75) is 19.9 Å². The van der Waals surface area contributed by atoms with Crippen LogP contribution in [0.4, 0.5) is 9.52 Å². The number of aryl methyl sites for hydroxylation is 1. The molecule has 0 saturated carbocycles. The summed E-state index contributed by atoms with van der Waals surface area (Å²) in [5.74, 6) is 0.0542. The molecule has 8 nitrogen and oxygen atoms in total. The number of aromatic nitrogens is 2. The Morgan fingerprint density at radius 3 is 2.86 bits per heavy atom. The molecule has 1 N–H and O–H groups in total. The number of fused-ring (bicyclic) bond motifs is 1. The van der Waals surface area contributed by atoms with Gasteiger partial charge in [0.1, 0.15) is 17.3 Å². The third-order valence-electron chi connectivity index (χ3n) is 4.34. The minimum Gasteiger partial charge on any atom is -0.484 e. The van der Waals surface area contributed by atoms with Gasteiger partial charge in [-0.2, -0.15) is 0 Å². The first kappa shape index (κ1) is 19.1. The molecule has 29 heavy (non-hydrogen) atoms. The van der Waals surface area contributed by atoms with Crippen molar-refractivity contribution in [2.24, 2.45) is 0 Å². The van der Waals surface area contributed by atoms with Crippen LogP contribution in [0.15, 0.2) is 34.9 Å². The van der Waals surface area contributed by atoms with Crippen molar-refractivity contribution in [1.82, 2.24) is 15.0 Å². The summed E-state index contributed by atoms with van der Waals surface area (Å²) in [4.78, 5) is 31.7. The van der Waals surface area contributed by atoms with E-state index in [0.717, 1.165) is 10.6 Å². The third-order valence-corrected chi connectivity index (χ3v) is 5.34. The molecule has 2 amide bonds. The molecule has 0 bridgehead atoms. The van der Waals surface area contributed by atoms with Crippen molar-refractivity contribution in [3.05, 3.63) is 58.2 Å². The van der Waals surface area contributed by atoms with Crippen molar-refractivity contribution in [3.8, 4) is 5.75 Å². The van der Waals surface area contributed by atoms with Gasteiger partial charge in [-0.1, -0.05) is 16.5 Å². The summed E-state index contributed by atoms with van der Waals surface area (Å²) in [6, 6.07) is 7.06. The van der Waals surface area contributed by atoms with Gasteiger partial charge < -0.3 is 14.2 Å². The van der Waals surface area contributed by atoms with E-state index in [1.807, 2.05) is 0 Å². The van der Waals surface area contributed by atoms with Crippen LogP contribution >= 0.6 is 11.3 Å². The Labute approximate surface area is 169 Å². The largest absolute Gasteiger partial charge is 0.484 e. The molecule has 10 heteroatoms. The first-order valence-corrected chi connectivity index (χ1v) is 9.69. The Balaban J connectivity index is 1.35. The molecular formula is C19H17FN4O4S. The summed E-state index contributed by atoms with van der Waals surface area (Å²) in [5, 5.41) is 6.85. The summed E-state index contributed by atoms with van der Waals surface area (Å²) >= 11 is 1.32. The monoisotopic (exact) mass is 416 g/mol. The summed E-state index contributed by atoms with van der Waals surface area (Å²) in [7, 11) is 0.